The van der Waals surface area contributed by atoms with Crippen molar-refractivity contribution in [1.82, 2.24) is 25.2 Å². The molecule has 0 aromatic carbocycles. The van der Waals surface area contributed by atoms with Crippen LogP contribution in [0.25, 0.3) is 0 Å². The molecule has 9 heteroatoms. The van der Waals surface area contributed by atoms with E-state index >= 15 is 0 Å². The molecule has 0 saturated carbocycles. The quantitative estimate of drug-likeness (QED) is 0.541. The minimum atomic E-state index is -0.358. The summed E-state index contributed by atoms with van der Waals surface area (Å²) >= 11 is 3.24. The van der Waals surface area contributed by atoms with Crippen molar-refractivity contribution in [3.05, 3.63) is 16.1 Å². The summed E-state index contributed by atoms with van der Waals surface area (Å²) in [6.45, 7) is 2.56. The van der Waals surface area contributed by atoms with E-state index in [1.807, 2.05) is 0 Å². The Kier molecular flexibility index (Phi) is 5.89. The Morgan fingerprint density at radius 3 is 2.85 bits per heavy atom. The van der Waals surface area contributed by atoms with E-state index in [1.54, 1.807) is 42.0 Å². The zero-order valence-electron chi connectivity index (χ0n) is 11.6. The van der Waals surface area contributed by atoms with Crippen molar-refractivity contribution in [2.24, 2.45) is 0 Å². The first-order valence-electron chi connectivity index (χ1n) is 6.14. The highest BCUT2D eigenvalue weighted by molar-refractivity contribution is 7.98. The molecule has 2 heterocycles. The van der Waals surface area contributed by atoms with E-state index in [9.17, 15) is 0 Å². The van der Waals surface area contributed by atoms with E-state index < -0.39 is 0 Å². The van der Waals surface area contributed by atoms with Gasteiger partial charge in [0.1, 0.15) is 0 Å². The van der Waals surface area contributed by atoms with E-state index in [0.29, 0.717) is 6.54 Å². The largest absolute Gasteiger partial charge is 0.354 e. The van der Waals surface area contributed by atoms with Gasteiger partial charge in [0.25, 0.3) is 0 Å². The van der Waals surface area contributed by atoms with Crippen LogP contribution in [0.1, 0.15) is 17.6 Å². The van der Waals surface area contributed by atoms with Crippen molar-refractivity contribution < 1.29 is 9.47 Å². The Morgan fingerprint density at radius 1 is 1.40 bits per heavy atom. The molecular weight excluding hydrogens is 298 g/mol. The summed E-state index contributed by atoms with van der Waals surface area (Å²) in [6, 6.07) is 0. The van der Waals surface area contributed by atoms with Crippen molar-refractivity contribution in [2.75, 3.05) is 14.2 Å². The molecule has 0 radical (unpaired) electrons. The van der Waals surface area contributed by atoms with Gasteiger partial charge in [0, 0.05) is 25.4 Å². The molecule has 0 amide bonds. The summed E-state index contributed by atoms with van der Waals surface area (Å²) in [5.74, 6) is 0.751. The topological polar surface area (TPSA) is 75.0 Å². The average molecular weight is 315 g/mol. The number of aromatic nitrogens is 5. The summed E-state index contributed by atoms with van der Waals surface area (Å²) in [4.78, 5) is 4.52. The lowest BCUT2D eigenvalue weighted by Crippen LogP contribution is -2.21. The molecule has 0 atom stereocenters. The second-order valence-corrected chi connectivity index (χ2v) is 5.80. The van der Waals surface area contributed by atoms with Gasteiger partial charge in [0.05, 0.1) is 17.2 Å². The van der Waals surface area contributed by atoms with Crippen LogP contribution in [0, 0.1) is 0 Å². The van der Waals surface area contributed by atoms with E-state index in [1.165, 1.54) is 0 Å². The van der Waals surface area contributed by atoms with Gasteiger partial charge in [-0.15, -0.1) is 16.4 Å². The lowest BCUT2D eigenvalue weighted by molar-refractivity contribution is -0.113. The highest BCUT2D eigenvalue weighted by Gasteiger charge is 2.13. The first kappa shape index (κ1) is 15.4. The van der Waals surface area contributed by atoms with E-state index in [0.717, 1.165) is 28.0 Å². The monoisotopic (exact) mass is 315 g/mol. The van der Waals surface area contributed by atoms with Gasteiger partial charge in [-0.2, -0.15) is 0 Å². The van der Waals surface area contributed by atoms with Crippen LogP contribution in [0.4, 0.5) is 0 Å². The summed E-state index contributed by atoms with van der Waals surface area (Å²) in [5.41, 5.74) is 1.06. The molecule has 20 heavy (non-hydrogen) atoms. The maximum absolute atomic E-state index is 5.15. The predicted molar refractivity (Wildman–Crippen MR) is 76.7 cm³/mol. The van der Waals surface area contributed by atoms with Gasteiger partial charge in [-0.1, -0.05) is 18.7 Å². The van der Waals surface area contributed by atoms with Gasteiger partial charge in [0.15, 0.2) is 6.29 Å². The molecule has 0 saturated heterocycles. The number of ether oxygens (including phenoxy) is 2. The SMILES string of the molecule is CCc1nc(CSc2nnnn2CC(OC)OC)cs1. The molecule has 2 rings (SSSR count). The fourth-order valence-electron chi connectivity index (χ4n) is 1.52. The third kappa shape index (κ3) is 3.98. The molecule has 0 spiro atoms. The predicted octanol–water partition coefficient (Wildman–Crippen LogP) is 1.60. The van der Waals surface area contributed by atoms with E-state index in [-0.39, 0.29) is 6.29 Å². The maximum atomic E-state index is 5.15. The van der Waals surface area contributed by atoms with Crippen molar-refractivity contribution in [3.63, 3.8) is 0 Å². The zero-order chi connectivity index (χ0) is 14.4. The standard InChI is InChI=1S/C11H17N5O2S2/c1-4-9-12-8(6-19-9)7-20-11-13-14-15-16(11)5-10(17-2)18-3/h6,10H,4-5,7H2,1-3H3. The van der Waals surface area contributed by atoms with Gasteiger partial charge in [0.2, 0.25) is 5.16 Å². The number of rotatable bonds is 8. The molecule has 0 N–H and O–H groups in total. The molecule has 2 aromatic heterocycles. The summed E-state index contributed by atoms with van der Waals surface area (Å²) in [5, 5.41) is 15.6. The summed E-state index contributed by atoms with van der Waals surface area (Å²) < 4.78 is 12.0. The van der Waals surface area contributed by atoms with Crippen molar-refractivity contribution in [1.29, 1.82) is 0 Å². The minimum absolute atomic E-state index is 0.358. The average Bonchev–Trinajstić information content (AvgIpc) is 3.11. The lowest BCUT2D eigenvalue weighted by Gasteiger charge is -2.13. The van der Waals surface area contributed by atoms with Crippen molar-refractivity contribution >= 4 is 23.1 Å². The van der Waals surface area contributed by atoms with Crippen LogP contribution in [0.15, 0.2) is 10.5 Å². The molecule has 0 fully saturated rings. The number of hydrogen-bond donors (Lipinski definition) is 0. The van der Waals surface area contributed by atoms with Gasteiger partial charge in [-0.3, -0.25) is 0 Å². The van der Waals surface area contributed by atoms with Crippen molar-refractivity contribution in [3.8, 4) is 0 Å². The van der Waals surface area contributed by atoms with Crippen LogP contribution in [0.3, 0.4) is 0 Å². The molecule has 0 bridgehead atoms. The van der Waals surface area contributed by atoms with Crippen molar-refractivity contribution in [2.45, 2.75) is 37.1 Å². The second kappa shape index (κ2) is 7.67. The number of hydrogen-bond acceptors (Lipinski definition) is 8. The zero-order valence-corrected chi connectivity index (χ0v) is 13.3. The minimum Gasteiger partial charge on any atom is -0.354 e. The molecule has 0 aliphatic carbocycles. The summed E-state index contributed by atoms with van der Waals surface area (Å²) in [6.07, 6.45) is 0.611. The van der Waals surface area contributed by atoms with E-state index in [2.05, 4.69) is 32.8 Å². The van der Waals surface area contributed by atoms with Crippen LogP contribution < -0.4 is 0 Å². The number of tetrazole rings is 1. The highest BCUT2D eigenvalue weighted by atomic mass is 32.2. The van der Waals surface area contributed by atoms with Gasteiger partial charge < -0.3 is 9.47 Å². The fraction of sp³-hybridized carbons (Fsp3) is 0.636. The van der Waals surface area contributed by atoms with Gasteiger partial charge in [-0.05, 0) is 16.8 Å². The van der Waals surface area contributed by atoms with Gasteiger partial charge in [-0.25, -0.2) is 9.67 Å². The first-order valence-corrected chi connectivity index (χ1v) is 8.01. The van der Waals surface area contributed by atoms with Crippen LogP contribution >= 0.6 is 23.1 Å². The van der Waals surface area contributed by atoms with Crippen LogP contribution in [-0.4, -0.2) is 45.7 Å². The number of thioether (sulfide) groups is 1. The maximum Gasteiger partial charge on any atom is 0.209 e. The Labute approximate surface area is 125 Å². The van der Waals surface area contributed by atoms with Crippen LogP contribution in [0.5, 0.6) is 0 Å². The fourth-order valence-corrected chi connectivity index (χ4v) is 3.15. The number of nitrogens with zero attached hydrogens (tertiary/aromatic N) is 5. The molecule has 0 unspecified atom stereocenters. The first-order chi connectivity index (χ1) is 9.76. The second-order valence-electron chi connectivity index (χ2n) is 3.92. The molecule has 110 valence electrons. The number of thiazole rings is 1. The normalized spacial score (nSPS) is 11.4. The summed E-state index contributed by atoms with van der Waals surface area (Å²) in [7, 11) is 3.18. The third-order valence-electron chi connectivity index (χ3n) is 2.60. The Bertz CT molecular complexity index is 526. The Balaban J connectivity index is 1.94. The number of methoxy groups -OCH3 is 2. The van der Waals surface area contributed by atoms with Crippen LogP contribution in [-0.2, 0) is 28.2 Å². The number of aryl methyl sites for hydroxylation is 1. The molecule has 7 nitrogen and oxygen atoms in total. The highest BCUT2D eigenvalue weighted by Crippen LogP contribution is 2.21. The third-order valence-corrected chi connectivity index (χ3v) is 4.63. The Hall–Kier alpha value is -1.03. The molecular formula is C11H17N5O2S2. The van der Waals surface area contributed by atoms with E-state index in [4.69, 9.17) is 9.47 Å². The molecule has 0 aliphatic rings. The molecule has 0 aliphatic heterocycles. The van der Waals surface area contributed by atoms with Gasteiger partial charge >= 0.3 is 0 Å². The lowest BCUT2D eigenvalue weighted by atomic mass is 10.5. The Morgan fingerprint density at radius 2 is 2.20 bits per heavy atom. The smallest absolute Gasteiger partial charge is 0.209 e. The molecule has 2 aromatic rings. The van der Waals surface area contributed by atoms with Crippen LogP contribution in [0.2, 0.25) is 0 Å².